The van der Waals surface area contributed by atoms with Gasteiger partial charge in [-0.1, -0.05) is 13.3 Å². The Hall–Kier alpha value is -0.220. The lowest BCUT2D eigenvalue weighted by atomic mass is 10.1. The molecule has 1 aliphatic rings. The third-order valence-electron chi connectivity index (χ3n) is 3.04. The van der Waals surface area contributed by atoms with E-state index in [1.165, 1.54) is 0 Å². The Balaban J connectivity index is 1.94. The average molecular weight is 245 g/mol. The fraction of sp³-hybridized carbons (Fsp3) is 0.917. The summed E-state index contributed by atoms with van der Waals surface area (Å²) in [7, 11) is 0. The Labute approximate surface area is 104 Å². The van der Waals surface area contributed by atoms with Crippen molar-refractivity contribution in [2.24, 2.45) is 5.41 Å². The molecule has 16 heavy (non-hydrogen) atoms. The summed E-state index contributed by atoms with van der Waals surface area (Å²) in [5.74, 6) is 0.971. The monoisotopic (exact) mass is 245 g/mol. The summed E-state index contributed by atoms with van der Waals surface area (Å²) in [6.07, 6.45) is 5.17. The molecule has 0 aliphatic heterocycles. The molecule has 0 spiro atoms. The van der Waals surface area contributed by atoms with Gasteiger partial charge in [-0.25, -0.2) is 0 Å². The van der Waals surface area contributed by atoms with E-state index in [9.17, 15) is 4.79 Å². The highest BCUT2D eigenvalue weighted by Crippen LogP contribution is 2.49. The molecule has 3 nitrogen and oxygen atoms in total. The molecule has 0 radical (unpaired) electrons. The van der Waals surface area contributed by atoms with Crippen molar-refractivity contribution in [1.29, 1.82) is 0 Å². The van der Waals surface area contributed by atoms with Crippen LogP contribution in [0.4, 0.5) is 0 Å². The minimum Gasteiger partial charge on any atom is -0.380 e. The van der Waals surface area contributed by atoms with E-state index in [2.05, 4.69) is 24.9 Å². The average Bonchev–Trinajstić information content (AvgIpc) is 3.04. The maximum absolute atomic E-state index is 11.5. The van der Waals surface area contributed by atoms with E-state index in [1.54, 1.807) is 0 Å². The molecule has 1 fully saturated rings. The van der Waals surface area contributed by atoms with Crippen LogP contribution in [0.2, 0.25) is 0 Å². The lowest BCUT2D eigenvalue weighted by Gasteiger charge is -2.11. The first-order valence-electron chi connectivity index (χ1n) is 6.18. The zero-order valence-electron chi connectivity index (χ0n) is 10.1. The van der Waals surface area contributed by atoms with Crippen LogP contribution in [0.25, 0.3) is 0 Å². The molecule has 1 N–H and O–H groups in total. The SMILES string of the molecule is CCCCOCCNC(=O)CC1(CS)CC1. The quantitative estimate of drug-likeness (QED) is 0.482. The van der Waals surface area contributed by atoms with Crippen molar-refractivity contribution in [3.05, 3.63) is 0 Å². The van der Waals surface area contributed by atoms with Gasteiger partial charge >= 0.3 is 0 Å². The number of ether oxygens (including phenoxy) is 1. The van der Waals surface area contributed by atoms with E-state index < -0.39 is 0 Å². The molecule has 0 bridgehead atoms. The largest absolute Gasteiger partial charge is 0.380 e. The van der Waals surface area contributed by atoms with Crippen molar-refractivity contribution in [1.82, 2.24) is 5.32 Å². The van der Waals surface area contributed by atoms with Crippen LogP contribution < -0.4 is 5.32 Å². The van der Waals surface area contributed by atoms with Crippen LogP contribution in [0.1, 0.15) is 39.0 Å². The highest BCUT2D eigenvalue weighted by Gasteiger charge is 2.42. The van der Waals surface area contributed by atoms with Crippen molar-refractivity contribution in [3.63, 3.8) is 0 Å². The molecule has 0 atom stereocenters. The maximum atomic E-state index is 11.5. The van der Waals surface area contributed by atoms with Crippen molar-refractivity contribution in [2.75, 3.05) is 25.5 Å². The van der Waals surface area contributed by atoms with E-state index in [1.807, 2.05) is 0 Å². The lowest BCUT2D eigenvalue weighted by molar-refractivity contribution is -0.122. The molecule has 94 valence electrons. The molecule has 4 heteroatoms. The molecule has 1 saturated carbocycles. The highest BCUT2D eigenvalue weighted by molar-refractivity contribution is 7.80. The predicted molar refractivity (Wildman–Crippen MR) is 68.9 cm³/mol. The Morgan fingerprint density at radius 1 is 1.44 bits per heavy atom. The number of hydrogen-bond donors (Lipinski definition) is 2. The molecule has 0 heterocycles. The number of unbranched alkanes of at least 4 members (excludes halogenated alkanes) is 1. The highest BCUT2D eigenvalue weighted by atomic mass is 32.1. The summed E-state index contributed by atoms with van der Waals surface area (Å²) >= 11 is 4.28. The minimum atomic E-state index is 0.144. The minimum absolute atomic E-state index is 0.144. The van der Waals surface area contributed by atoms with Gasteiger partial charge in [0, 0.05) is 19.6 Å². The van der Waals surface area contributed by atoms with Crippen LogP contribution in [0.5, 0.6) is 0 Å². The second kappa shape index (κ2) is 7.17. The molecule has 0 unspecified atom stereocenters. The van der Waals surface area contributed by atoms with Gasteiger partial charge < -0.3 is 10.1 Å². The normalized spacial score (nSPS) is 17.1. The number of amides is 1. The zero-order chi connectivity index (χ0) is 11.9. The van der Waals surface area contributed by atoms with Crippen molar-refractivity contribution >= 4 is 18.5 Å². The van der Waals surface area contributed by atoms with Crippen LogP contribution >= 0.6 is 12.6 Å². The first-order valence-corrected chi connectivity index (χ1v) is 6.81. The first kappa shape index (κ1) is 13.8. The van der Waals surface area contributed by atoms with Gasteiger partial charge in [0.2, 0.25) is 5.91 Å². The van der Waals surface area contributed by atoms with Crippen LogP contribution in [0.3, 0.4) is 0 Å². The summed E-state index contributed by atoms with van der Waals surface area (Å²) in [5.41, 5.74) is 0.219. The molecule has 1 aliphatic carbocycles. The van der Waals surface area contributed by atoms with Gasteiger partial charge in [0.05, 0.1) is 6.61 Å². The second-order valence-corrected chi connectivity index (χ2v) is 4.97. The van der Waals surface area contributed by atoms with Gasteiger partial charge in [-0.3, -0.25) is 4.79 Å². The van der Waals surface area contributed by atoms with Gasteiger partial charge in [0.15, 0.2) is 0 Å². The third-order valence-corrected chi connectivity index (χ3v) is 3.71. The van der Waals surface area contributed by atoms with Gasteiger partial charge in [-0.2, -0.15) is 12.6 Å². The van der Waals surface area contributed by atoms with Crippen LogP contribution in [-0.2, 0) is 9.53 Å². The summed E-state index contributed by atoms with van der Waals surface area (Å²) in [5, 5.41) is 2.89. The fourth-order valence-corrected chi connectivity index (χ4v) is 2.01. The zero-order valence-corrected chi connectivity index (χ0v) is 11.0. The molecular formula is C12H23NO2S. The molecule has 0 aromatic heterocycles. The van der Waals surface area contributed by atoms with Crippen molar-refractivity contribution in [3.8, 4) is 0 Å². The van der Waals surface area contributed by atoms with Crippen LogP contribution in [0, 0.1) is 5.41 Å². The summed E-state index contributed by atoms with van der Waals surface area (Å²) in [6, 6.07) is 0. The van der Waals surface area contributed by atoms with E-state index in [0.717, 1.165) is 38.0 Å². The molecule has 0 aromatic carbocycles. The number of carbonyl (C=O) groups excluding carboxylic acids is 1. The number of rotatable bonds is 9. The smallest absolute Gasteiger partial charge is 0.220 e. The summed E-state index contributed by atoms with van der Waals surface area (Å²) in [6.45, 7) is 4.19. The van der Waals surface area contributed by atoms with Crippen LogP contribution in [-0.4, -0.2) is 31.4 Å². The standard InChI is InChI=1S/C12H23NO2S/c1-2-3-7-15-8-6-13-11(14)9-12(10-16)4-5-12/h16H,2-10H2,1H3,(H,13,14). The van der Waals surface area contributed by atoms with E-state index >= 15 is 0 Å². The van der Waals surface area contributed by atoms with E-state index in [-0.39, 0.29) is 11.3 Å². The Morgan fingerprint density at radius 2 is 2.19 bits per heavy atom. The van der Waals surface area contributed by atoms with E-state index in [0.29, 0.717) is 19.6 Å². The number of thiol groups is 1. The fourth-order valence-electron chi connectivity index (χ4n) is 1.58. The molecule has 1 rings (SSSR count). The molecular weight excluding hydrogens is 222 g/mol. The number of nitrogens with one attached hydrogen (secondary N) is 1. The third kappa shape index (κ3) is 5.21. The summed E-state index contributed by atoms with van der Waals surface area (Å²) in [4.78, 5) is 11.5. The van der Waals surface area contributed by atoms with Gasteiger partial charge in [0.1, 0.15) is 0 Å². The van der Waals surface area contributed by atoms with Crippen LogP contribution in [0.15, 0.2) is 0 Å². The van der Waals surface area contributed by atoms with Gasteiger partial charge in [-0.15, -0.1) is 0 Å². The second-order valence-electron chi connectivity index (χ2n) is 4.65. The molecule has 1 amide bonds. The Kier molecular flexibility index (Phi) is 6.21. The van der Waals surface area contributed by atoms with Gasteiger partial charge in [-0.05, 0) is 30.4 Å². The lowest BCUT2D eigenvalue weighted by Crippen LogP contribution is -2.29. The van der Waals surface area contributed by atoms with E-state index in [4.69, 9.17) is 4.74 Å². The maximum Gasteiger partial charge on any atom is 0.220 e. The van der Waals surface area contributed by atoms with Gasteiger partial charge in [0.25, 0.3) is 0 Å². The number of hydrogen-bond acceptors (Lipinski definition) is 3. The molecule has 0 aromatic rings. The Bertz CT molecular complexity index is 217. The Morgan fingerprint density at radius 3 is 2.75 bits per heavy atom. The van der Waals surface area contributed by atoms with Crippen molar-refractivity contribution < 1.29 is 9.53 Å². The predicted octanol–water partition coefficient (Wildman–Crippen LogP) is 2.02. The summed E-state index contributed by atoms with van der Waals surface area (Å²) < 4.78 is 5.37. The van der Waals surface area contributed by atoms with Crippen molar-refractivity contribution in [2.45, 2.75) is 39.0 Å². The molecule has 0 saturated heterocycles. The number of carbonyl (C=O) groups is 1. The first-order chi connectivity index (χ1) is 7.72. The topological polar surface area (TPSA) is 38.3 Å².